The summed E-state index contributed by atoms with van der Waals surface area (Å²) in [6, 6.07) is 7.73. The zero-order chi connectivity index (χ0) is 16.3. The third-order valence-electron chi connectivity index (χ3n) is 3.43. The first kappa shape index (κ1) is 16.6. The predicted molar refractivity (Wildman–Crippen MR) is 88.5 cm³/mol. The van der Waals surface area contributed by atoms with Crippen molar-refractivity contribution in [1.29, 1.82) is 0 Å². The van der Waals surface area contributed by atoms with Crippen LogP contribution in [0.25, 0.3) is 0 Å². The first-order valence-electron chi connectivity index (χ1n) is 7.28. The molecule has 0 saturated carbocycles. The van der Waals surface area contributed by atoms with E-state index in [4.69, 9.17) is 16.0 Å². The molecule has 2 rings (SSSR count). The summed E-state index contributed by atoms with van der Waals surface area (Å²) in [5.74, 6) is 1.70. The molecule has 2 N–H and O–H groups in total. The maximum atomic E-state index is 12.2. The molecular formula is C17H22ClN2O2+. The number of rotatable bonds is 5. The molecule has 2 aromatic rings. The highest BCUT2D eigenvalue weighted by molar-refractivity contribution is 6.34. The first-order chi connectivity index (χ1) is 10.3. The minimum Gasteiger partial charge on any atom is -0.460 e. The van der Waals surface area contributed by atoms with Crippen molar-refractivity contribution < 1.29 is 14.1 Å². The van der Waals surface area contributed by atoms with Crippen molar-refractivity contribution in [3.63, 3.8) is 0 Å². The number of nitrogens with one attached hydrogen (secondary N) is 2. The van der Waals surface area contributed by atoms with Crippen molar-refractivity contribution in [3.05, 3.63) is 51.9 Å². The number of amides is 1. The van der Waals surface area contributed by atoms with Gasteiger partial charge in [-0.2, -0.15) is 0 Å². The Morgan fingerprint density at radius 1 is 1.27 bits per heavy atom. The number of halogens is 1. The molecule has 0 radical (unpaired) electrons. The van der Waals surface area contributed by atoms with E-state index in [1.165, 1.54) is 0 Å². The van der Waals surface area contributed by atoms with Crippen molar-refractivity contribution >= 4 is 23.2 Å². The largest absolute Gasteiger partial charge is 0.460 e. The van der Waals surface area contributed by atoms with Crippen molar-refractivity contribution in [2.45, 2.75) is 27.3 Å². The minimum absolute atomic E-state index is 0.0605. The van der Waals surface area contributed by atoms with Crippen molar-refractivity contribution in [1.82, 2.24) is 0 Å². The summed E-state index contributed by atoms with van der Waals surface area (Å²) in [5, 5.41) is 3.48. The lowest BCUT2D eigenvalue weighted by atomic mass is 10.1. The average Bonchev–Trinajstić information content (AvgIpc) is 2.79. The van der Waals surface area contributed by atoms with E-state index in [0.29, 0.717) is 23.8 Å². The van der Waals surface area contributed by atoms with Gasteiger partial charge in [-0.1, -0.05) is 17.7 Å². The maximum Gasteiger partial charge on any atom is 0.279 e. The Labute approximate surface area is 136 Å². The molecule has 1 atom stereocenters. The van der Waals surface area contributed by atoms with Crippen LogP contribution in [-0.2, 0) is 11.3 Å². The number of likely N-dealkylation sites (N-methyl/N-ethyl adjacent to an activating group) is 1. The molecule has 0 bridgehead atoms. The number of carbonyl (C=O) groups excluding carboxylic acids is 1. The third-order valence-corrected chi connectivity index (χ3v) is 3.73. The van der Waals surface area contributed by atoms with E-state index in [1.54, 1.807) is 0 Å². The van der Waals surface area contributed by atoms with Crippen LogP contribution in [0.15, 0.2) is 28.7 Å². The van der Waals surface area contributed by atoms with Crippen LogP contribution in [0.5, 0.6) is 0 Å². The van der Waals surface area contributed by atoms with Gasteiger partial charge in [0, 0.05) is 0 Å². The van der Waals surface area contributed by atoms with Crippen LogP contribution in [0, 0.1) is 20.8 Å². The first-order valence-corrected chi connectivity index (χ1v) is 7.66. The standard InChI is InChI=1S/C17H21ClN2O2/c1-11-7-12(2)17(15(18)8-11)19-16(21)10-20(4)9-14-6-5-13(3)22-14/h5-8H,9-10H2,1-4H3,(H,19,21)/p+1. The molecule has 0 fully saturated rings. The molecule has 0 aliphatic carbocycles. The molecule has 0 aliphatic rings. The molecule has 1 aromatic carbocycles. The predicted octanol–water partition coefficient (Wildman–Crippen LogP) is 2.51. The number of carbonyl (C=O) groups is 1. The van der Waals surface area contributed by atoms with Gasteiger partial charge in [0.2, 0.25) is 0 Å². The monoisotopic (exact) mass is 321 g/mol. The summed E-state index contributed by atoms with van der Waals surface area (Å²) in [6.07, 6.45) is 0. The van der Waals surface area contributed by atoms with Gasteiger partial charge in [0.15, 0.2) is 12.3 Å². The Morgan fingerprint density at radius 3 is 2.59 bits per heavy atom. The molecular weight excluding hydrogens is 300 g/mol. The van der Waals surface area contributed by atoms with E-state index in [2.05, 4.69) is 5.32 Å². The molecule has 0 spiro atoms. The maximum absolute atomic E-state index is 12.2. The van der Waals surface area contributed by atoms with Crippen LogP contribution in [-0.4, -0.2) is 19.5 Å². The average molecular weight is 322 g/mol. The summed E-state index contributed by atoms with van der Waals surface area (Å²) in [7, 11) is 1.96. The van der Waals surface area contributed by atoms with Crippen molar-refractivity contribution in [2.75, 3.05) is 18.9 Å². The number of furan rings is 1. The Balaban J connectivity index is 1.95. The van der Waals surface area contributed by atoms with E-state index in [0.717, 1.165) is 27.5 Å². The minimum atomic E-state index is -0.0605. The number of hydrogen-bond acceptors (Lipinski definition) is 2. The van der Waals surface area contributed by atoms with Gasteiger partial charge in [0.1, 0.15) is 12.3 Å². The van der Waals surface area contributed by atoms with E-state index in [-0.39, 0.29) is 5.91 Å². The zero-order valence-electron chi connectivity index (χ0n) is 13.4. The molecule has 0 saturated heterocycles. The van der Waals surface area contributed by atoms with Crippen LogP contribution >= 0.6 is 11.6 Å². The Hall–Kier alpha value is -1.78. The SMILES string of the molecule is Cc1cc(C)c(NC(=O)C[NH+](C)Cc2ccc(C)o2)c(Cl)c1. The molecule has 118 valence electrons. The van der Waals surface area contributed by atoms with E-state index in [1.807, 2.05) is 52.1 Å². The second-order valence-electron chi connectivity index (χ2n) is 5.81. The van der Waals surface area contributed by atoms with Crippen LogP contribution in [0.3, 0.4) is 0 Å². The summed E-state index contributed by atoms with van der Waals surface area (Å²) >= 11 is 6.21. The molecule has 4 nitrogen and oxygen atoms in total. The van der Waals surface area contributed by atoms with Crippen molar-refractivity contribution in [2.24, 2.45) is 0 Å². The van der Waals surface area contributed by atoms with Gasteiger partial charge in [0.25, 0.3) is 5.91 Å². The molecule has 1 heterocycles. The smallest absolute Gasteiger partial charge is 0.279 e. The van der Waals surface area contributed by atoms with E-state index in [9.17, 15) is 4.79 Å². The van der Waals surface area contributed by atoms with E-state index >= 15 is 0 Å². The van der Waals surface area contributed by atoms with Crippen molar-refractivity contribution in [3.8, 4) is 0 Å². The number of aryl methyl sites for hydroxylation is 3. The summed E-state index contributed by atoms with van der Waals surface area (Å²) in [5.41, 5.74) is 2.74. The van der Waals surface area contributed by atoms with Gasteiger partial charge in [0.05, 0.1) is 17.8 Å². The third kappa shape index (κ3) is 4.36. The van der Waals surface area contributed by atoms with Gasteiger partial charge in [-0.15, -0.1) is 0 Å². The van der Waals surface area contributed by atoms with Crippen LogP contribution in [0.4, 0.5) is 5.69 Å². The molecule has 1 unspecified atom stereocenters. The van der Waals surface area contributed by atoms with Crippen LogP contribution < -0.4 is 10.2 Å². The lowest BCUT2D eigenvalue weighted by Crippen LogP contribution is -3.08. The van der Waals surface area contributed by atoms with E-state index < -0.39 is 0 Å². The second kappa shape index (κ2) is 6.99. The van der Waals surface area contributed by atoms with Crippen LogP contribution in [0.2, 0.25) is 5.02 Å². The van der Waals surface area contributed by atoms with Gasteiger partial charge < -0.3 is 14.6 Å². The Kier molecular flexibility index (Phi) is 5.27. The van der Waals surface area contributed by atoms with Crippen LogP contribution in [0.1, 0.15) is 22.6 Å². The zero-order valence-corrected chi connectivity index (χ0v) is 14.2. The highest BCUT2D eigenvalue weighted by Crippen LogP contribution is 2.27. The van der Waals surface area contributed by atoms with Gasteiger partial charge >= 0.3 is 0 Å². The second-order valence-corrected chi connectivity index (χ2v) is 6.22. The highest BCUT2D eigenvalue weighted by Gasteiger charge is 2.15. The number of benzene rings is 1. The van der Waals surface area contributed by atoms with Gasteiger partial charge in [-0.25, -0.2) is 0 Å². The summed E-state index contributed by atoms with van der Waals surface area (Å²) in [4.78, 5) is 13.2. The summed E-state index contributed by atoms with van der Waals surface area (Å²) in [6.45, 7) is 6.85. The highest BCUT2D eigenvalue weighted by atomic mass is 35.5. The normalized spacial score (nSPS) is 12.2. The molecule has 5 heteroatoms. The lowest BCUT2D eigenvalue weighted by molar-refractivity contribution is -0.886. The quantitative estimate of drug-likeness (QED) is 0.889. The van der Waals surface area contributed by atoms with Gasteiger partial charge in [-0.3, -0.25) is 4.79 Å². The Morgan fingerprint density at radius 2 is 2.00 bits per heavy atom. The Bertz CT molecular complexity index is 656. The fourth-order valence-corrected chi connectivity index (χ4v) is 2.84. The fraction of sp³-hybridized carbons (Fsp3) is 0.353. The molecule has 1 amide bonds. The molecule has 1 aromatic heterocycles. The topological polar surface area (TPSA) is 46.7 Å². The molecule has 22 heavy (non-hydrogen) atoms. The summed E-state index contributed by atoms with van der Waals surface area (Å²) < 4.78 is 5.53. The number of anilines is 1. The molecule has 0 aliphatic heterocycles. The van der Waals surface area contributed by atoms with Gasteiger partial charge in [-0.05, 0) is 50.1 Å². The number of quaternary nitrogens is 1. The lowest BCUT2D eigenvalue weighted by Gasteiger charge is -2.15. The fourth-order valence-electron chi connectivity index (χ4n) is 2.47. The number of hydrogen-bond donors (Lipinski definition) is 2.